The second kappa shape index (κ2) is 7.15. The summed E-state index contributed by atoms with van der Waals surface area (Å²) in [6.45, 7) is 5.49. The van der Waals surface area contributed by atoms with E-state index >= 15 is 0 Å². The quantitative estimate of drug-likeness (QED) is 0.794. The van der Waals surface area contributed by atoms with Gasteiger partial charge in [-0.3, -0.25) is 4.79 Å². The summed E-state index contributed by atoms with van der Waals surface area (Å²) in [5, 5.41) is 0. The molecule has 2 rings (SSSR count). The molecule has 1 aromatic rings. The van der Waals surface area contributed by atoms with Crippen molar-refractivity contribution in [1.29, 1.82) is 0 Å². The summed E-state index contributed by atoms with van der Waals surface area (Å²) >= 11 is 1.46. The SMILES string of the molecule is CC(C)(C)C(=O)O[C@H]1CS[C@H](COC(=O)c2ccccc2)O1. The predicted molar refractivity (Wildman–Crippen MR) is 83.4 cm³/mol. The van der Waals surface area contributed by atoms with Gasteiger partial charge in [0.2, 0.25) is 6.29 Å². The van der Waals surface area contributed by atoms with E-state index in [1.807, 2.05) is 6.07 Å². The highest BCUT2D eigenvalue weighted by atomic mass is 32.2. The maximum Gasteiger partial charge on any atom is 0.338 e. The molecule has 0 bridgehead atoms. The normalized spacial score (nSPS) is 21.4. The summed E-state index contributed by atoms with van der Waals surface area (Å²) < 4.78 is 16.0. The molecule has 120 valence electrons. The minimum Gasteiger partial charge on any atom is -0.458 e. The first-order chi connectivity index (χ1) is 10.4. The van der Waals surface area contributed by atoms with Gasteiger partial charge in [-0.15, -0.1) is 11.8 Å². The summed E-state index contributed by atoms with van der Waals surface area (Å²) in [5.74, 6) is -0.157. The van der Waals surface area contributed by atoms with Gasteiger partial charge in [0.1, 0.15) is 12.0 Å². The Balaban J connectivity index is 1.75. The minimum absolute atomic E-state index is 0.127. The van der Waals surface area contributed by atoms with Gasteiger partial charge in [-0.05, 0) is 32.9 Å². The zero-order chi connectivity index (χ0) is 16.2. The van der Waals surface area contributed by atoms with Gasteiger partial charge in [-0.1, -0.05) is 18.2 Å². The molecule has 1 aliphatic heterocycles. The Bertz CT molecular complexity index is 523. The van der Waals surface area contributed by atoms with Gasteiger partial charge >= 0.3 is 11.9 Å². The van der Waals surface area contributed by atoms with Crippen LogP contribution in [0.5, 0.6) is 0 Å². The number of hydrogen-bond acceptors (Lipinski definition) is 6. The van der Waals surface area contributed by atoms with Crippen LogP contribution in [0.15, 0.2) is 30.3 Å². The molecule has 5 nitrogen and oxygen atoms in total. The molecule has 6 heteroatoms. The molecule has 1 saturated heterocycles. The van der Waals surface area contributed by atoms with E-state index in [-0.39, 0.29) is 24.0 Å². The molecule has 1 fully saturated rings. The van der Waals surface area contributed by atoms with Crippen molar-refractivity contribution in [3.63, 3.8) is 0 Å². The lowest BCUT2D eigenvalue weighted by Gasteiger charge is -2.20. The Morgan fingerprint density at radius 1 is 1.27 bits per heavy atom. The van der Waals surface area contributed by atoms with Crippen LogP contribution >= 0.6 is 11.8 Å². The highest BCUT2D eigenvalue weighted by Gasteiger charge is 2.33. The minimum atomic E-state index is -0.586. The molecular formula is C16H20O5S. The van der Waals surface area contributed by atoms with Gasteiger partial charge in [0.15, 0.2) is 0 Å². The van der Waals surface area contributed by atoms with Gasteiger partial charge in [0.25, 0.3) is 0 Å². The topological polar surface area (TPSA) is 61.8 Å². The fourth-order valence-electron chi connectivity index (χ4n) is 1.68. The zero-order valence-electron chi connectivity index (χ0n) is 12.9. The maximum atomic E-state index is 11.8. The Kier molecular flexibility index (Phi) is 5.47. The van der Waals surface area contributed by atoms with Gasteiger partial charge in [0.05, 0.1) is 16.7 Å². The van der Waals surface area contributed by atoms with Crippen molar-refractivity contribution in [2.75, 3.05) is 12.4 Å². The monoisotopic (exact) mass is 324 g/mol. The summed E-state index contributed by atoms with van der Waals surface area (Å²) in [7, 11) is 0. The Hall–Kier alpha value is -1.53. The van der Waals surface area contributed by atoms with E-state index in [0.717, 1.165) is 0 Å². The molecule has 1 aliphatic rings. The van der Waals surface area contributed by atoms with Crippen LogP contribution in [0.4, 0.5) is 0 Å². The molecular weight excluding hydrogens is 304 g/mol. The summed E-state index contributed by atoms with van der Waals surface area (Å²) in [5.41, 5.74) is -0.377. The van der Waals surface area contributed by atoms with Crippen molar-refractivity contribution >= 4 is 23.7 Å². The Morgan fingerprint density at radius 2 is 1.95 bits per heavy atom. The molecule has 0 spiro atoms. The first kappa shape index (κ1) is 16.8. The molecule has 0 saturated carbocycles. The third kappa shape index (κ3) is 4.74. The number of ether oxygens (including phenoxy) is 3. The lowest BCUT2D eigenvalue weighted by Crippen LogP contribution is -2.30. The second-order valence-corrected chi connectivity index (χ2v) is 7.14. The number of thioether (sulfide) groups is 1. The van der Waals surface area contributed by atoms with Crippen molar-refractivity contribution in [3.8, 4) is 0 Å². The van der Waals surface area contributed by atoms with Crippen molar-refractivity contribution in [1.82, 2.24) is 0 Å². The highest BCUT2D eigenvalue weighted by molar-refractivity contribution is 8.00. The fourth-order valence-corrected chi connectivity index (χ4v) is 2.57. The molecule has 0 aliphatic carbocycles. The van der Waals surface area contributed by atoms with E-state index in [1.165, 1.54) is 11.8 Å². The van der Waals surface area contributed by atoms with Crippen molar-refractivity contribution < 1.29 is 23.8 Å². The van der Waals surface area contributed by atoms with Gasteiger partial charge in [0, 0.05) is 0 Å². The van der Waals surface area contributed by atoms with E-state index < -0.39 is 11.7 Å². The van der Waals surface area contributed by atoms with E-state index in [9.17, 15) is 9.59 Å². The Morgan fingerprint density at radius 3 is 2.59 bits per heavy atom. The number of carbonyl (C=O) groups excluding carboxylic acids is 2. The molecule has 1 aromatic carbocycles. The smallest absolute Gasteiger partial charge is 0.338 e. The van der Waals surface area contributed by atoms with Crippen molar-refractivity contribution in [3.05, 3.63) is 35.9 Å². The van der Waals surface area contributed by atoms with Gasteiger partial charge in [-0.2, -0.15) is 0 Å². The van der Waals surface area contributed by atoms with Gasteiger partial charge in [-0.25, -0.2) is 4.79 Å². The lowest BCUT2D eigenvalue weighted by atomic mass is 9.97. The van der Waals surface area contributed by atoms with Crippen molar-refractivity contribution in [2.45, 2.75) is 32.5 Å². The zero-order valence-corrected chi connectivity index (χ0v) is 13.7. The van der Waals surface area contributed by atoms with Crippen LogP contribution < -0.4 is 0 Å². The first-order valence-electron chi connectivity index (χ1n) is 7.06. The van der Waals surface area contributed by atoms with E-state index in [2.05, 4.69) is 0 Å². The van der Waals surface area contributed by atoms with Crippen LogP contribution in [0.25, 0.3) is 0 Å². The van der Waals surface area contributed by atoms with Crippen molar-refractivity contribution in [2.24, 2.45) is 5.41 Å². The molecule has 0 N–H and O–H groups in total. The number of rotatable bonds is 4. The standard InChI is InChI=1S/C16H20O5S/c1-16(2,3)15(18)21-12-10-22-13(20-12)9-19-14(17)11-7-5-4-6-8-11/h4-8,12-13H,9-10H2,1-3H3/t12-,13+/m0/s1. The third-order valence-electron chi connectivity index (χ3n) is 2.93. The third-order valence-corrected chi connectivity index (χ3v) is 4.02. The highest BCUT2D eigenvalue weighted by Crippen LogP contribution is 2.28. The van der Waals surface area contributed by atoms with Crippen LogP contribution in [-0.2, 0) is 19.0 Å². The molecule has 0 aromatic heterocycles. The number of esters is 2. The van der Waals surface area contributed by atoms with E-state index in [4.69, 9.17) is 14.2 Å². The molecule has 1 heterocycles. The number of benzene rings is 1. The van der Waals surface area contributed by atoms with Crippen LogP contribution in [0.1, 0.15) is 31.1 Å². The lowest BCUT2D eigenvalue weighted by molar-refractivity contribution is -0.183. The van der Waals surface area contributed by atoms with E-state index in [1.54, 1.807) is 45.0 Å². The summed E-state index contributed by atoms with van der Waals surface area (Å²) in [4.78, 5) is 23.6. The molecule has 2 atom stereocenters. The first-order valence-corrected chi connectivity index (χ1v) is 8.11. The fraction of sp³-hybridized carbons (Fsp3) is 0.500. The predicted octanol–water partition coefficient (Wildman–Crippen LogP) is 2.85. The summed E-state index contributed by atoms with van der Waals surface area (Å²) in [6, 6.07) is 8.78. The Labute approximate surface area is 134 Å². The number of carbonyl (C=O) groups is 2. The molecule has 0 unspecified atom stereocenters. The summed E-state index contributed by atoms with van der Waals surface area (Å²) in [6.07, 6.45) is -0.586. The average Bonchev–Trinajstić information content (AvgIpc) is 2.92. The second-order valence-electron chi connectivity index (χ2n) is 5.95. The van der Waals surface area contributed by atoms with Crippen LogP contribution in [0, 0.1) is 5.41 Å². The van der Waals surface area contributed by atoms with Crippen LogP contribution in [0.2, 0.25) is 0 Å². The largest absolute Gasteiger partial charge is 0.458 e. The molecule has 0 radical (unpaired) electrons. The van der Waals surface area contributed by atoms with E-state index in [0.29, 0.717) is 11.3 Å². The average molecular weight is 324 g/mol. The maximum absolute atomic E-state index is 11.8. The van der Waals surface area contributed by atoms with Crippen LogP contribution in [0.3, 0.4) is 0 Å². The number of hydrogen-bond donors (Lipinski definition) is 0. The van der Waals surface area contributed by atoms with Gasteiger partial charge < -0.3 is 14.2 Å². The molecule has 22 heavy (non-hydrogen) atoms. The van der Waals surface area contributed by atoms with Crippen LogP contribution in [-0.4, -0.2) is 36.0 Å². The molecule has 0 amide bonds.